The van der Waals surface area contributed by atoms with Gasteiger partial charge in [-0.1, -0.05) is 24.3 Å². The average molecular weight is 382 g/mol. The van der Waals surface area contributed by atoms with Crippen molar-refractivity contribution in [2.75, 3.05) is 0 Å². The van der Waals surface area contributed by atoms with Crippen LogP contribution in [0.5, 0.6) is 0 Å². The summed E-state index contributed by atoms with van der Waals surface area (Å²) in [4.78, 5) is 0. The highest BCUT2D eigenvalue weighted by Gasteiger charge is 2.59. The van der Waals surface area contributed by atoms with E-state index in [0.29, 0.717) is 29.6 Å². The summed E-state index contributed by atoms with van der Waals surface area (Å²) in [5.41, 5.74) is 15.6. The van der Waals surface area contributed by atoms with E-state index in [1.807, 2.05) is 0 Å². The van der Waals surface area contributed by atoms with Crippen LogP contribution in [0.2, 0.25) is 0 Å². The van der Waals surface area contributed by atoms with Crippen LogP contribution < -0.4 is 22.1 Å². The van der Waals surface area contributed by atoms with Gasteiger partial charge in [-0.25, -0.2) is 0 Å². The van der Waals surface area contributed by atoms with Gasteiger partial charge in [0.2, 0.25) is 0 Å². The van der Waals surface area contributed by atoms with Crippen LogP contribution in [0, 0.1) is 40.9 Å². The zero-order valence-electron chi connectivity index (χ0n) is 16.8. The molecule has 0 heterocycles. The van der Waals surface area contributed by atoms with E-state index in [1.54, 1.807) is 0 Å². The van der Waals surface area contributed by atoms with Gasteiger partial charge in [0.25, 0.3) is 0 Å². The Bertz CT molecular complexity index is 713. The summed E-state index contributed by atoms with van der Waals surface area (Å²) in [6.45, 7) is 8.78. The van der Waals surface area contributed by atoms with Crippen molar-refractivity contribution < 1.29 is 0 Å². The molecule has 7 N–H and O–H groups in total. The third kappa shape index (κ3) is 2.12. The van der Waals surface area contributed by atoms with Crippen LogP contribution in [0.25, 0.3) is 0 Å². The van der Waals surface area contributed by atoms with Crippen LogP contribution in [0.1, 0.15) is 51.4 Å². The molecule has 0 aromatic heterocycles. The number of guanidine groups is 1. The molecule has 8 saturated carbocycles. The van der Waals surface area contributed by atoms with E-state index in [-0.39, 0.29) is 23.2 Å². The van der Waals surface area contributed by atoms with Crippen molar-refractivity contribution >= 4 is 5.96 Å². The van der Waals surface area contributed by atoms with E-state index in [4.69, 9.17) is 16.9 Å². The van der Waals surface area contributed by atoms with Crippen LogP contribution in [-0.2, 0) is 0 Å². The molecular formula is C23H35N5. The Hall–Kier alpha value is -1.33. The first-order chi connectivity index (χ1) is 13.3. The van der Waals surface area contributed by atoms with E-state index in [0.717, 1.165) is 24.7 Å². The van der Waals surface area contributed by atoms with Gasteiger partial charge in [0.05, 0.1) is 23.2 Å². The highest BCUT2D eigenvalue weighted by molar-refractivity contribution is 5.78. The maximum Gasteiger partial charge on any atom is 0.188 e. The molecule has 5 nitrogen and oxygen atoms in total. The fourth-order valence-corrected chi connectivity index (χ4v) is 8.73. The fraction of sp³-hybridized carbons (Fsp3) is 0.783. The minimum Gasteiger partial charge on any atom is -0.351 e. The third-order valence-electron chi connectivity index (χ3n) is 9.77. The summed E-state index contributed by atoms with van der Waals surface area (Å²) in [6.07, 6.45) is 9.48. The van der Waals surface area contributed by atoms with Crippen LogP contribution in [-0.4, -0.2) is 29.1 Å². The van der Waals surface area contributed by atoms with E-state index in [2.05, 4.69) is 23.8 Å². The Balaban J connectivity index is 1.21. The van der Waals surface area contributed by atoms with Gasteiger partial charge in [0, 0.05) is 0 Å². The monoisotopic (exact) mass is 381 g/mol. The first-order valence-corrected chi connectivity index (χ1v) is 11.4. The zero-order valence-corrected chi connectivity index (χ0v) is 16.8. The van der Waals surface area contributed by atoms with Crippen molar-refractivity contribution in [3.05, 3.63) is 24.3 Å². The maximum absolute atomic E-state index is 8.75. The van der Waals surface area contributed by atoms with Gasteiger partial charge < -0.3 is 22.1 Å². The van der Waals surface area contributed by atoms with Crippen LogP contribution in [0.4, 0.5) is 0 Å². The van der Waals surface area contributed by atoms with Crippen LogP contribution in [0.3, 0.4) is 0 Å². The van der Waals surface area contributed by atoms with Gasteiger partial charge in [-0.05, 0) is 86.9 Å². The lowest BCUT2D eigenvalue weighted by Gasteiger charge is -2.62. The van der Waals surface area contributed by atoms with Crippen molar-refractivity contribution in [3.63, 3.8) is 0 Å². The lowest BCUT2D eigenvalue weighted by Crippen LogP contribution is -2.75. The Morgan fingerprint density at radius 3 is 1.64 bits per heavy atom. The van der Waals surface area contributed by atoms with Crippen LogP contribution in [0.15, 0.2) is 24.3 Å². The number of rotatable bonds is 2. The summed E-state index contributed by atoms with van der Waals surface area (Å²) in [7, 11) is 0. The van der Waals surface area contributed by atoms with Gasteiger partial charge >= 0.3 is 0 Å². The molecule has 0 amide bonds. The first kappa shape index (κ1) is 17.5. The molecule has 10 unspecified atom stereocenters. The van der Waals surface area contributed by atoms with Gasteiger partial charge in [-0.3, -0.25) is 5.41 Å². The molecule has 8 aliphatic rings. The number of hydrogen-bond donors (Lipinski definition) is 5. The summed E-state index contributed by atoms with van der Waals surface area (Å²) in [5.74, 6) is 4.24. The molecule has 8 rings (SSSR count). The molecule has 8 fully saturated rings. The van der Waals surface area contributed by atoms with E-state index < -0.39 is 0 Å². The highest BCUT2D eigenvalue weighted by atomic mass is 15.2. The highest BCUT2D eigenvalue weighted by Crippen LogP contribution is 2.58. The predicted octanol–water partition coefficient (Wildman–Crippen LogP) is 2.24. The molecule has 0 aliphatic heterocycles. The minimum absolute atomic E-state index is 0.126. The number of hydrogen-bond acceptors (Lipinski definition) is 3. The SMILES string of the molecule is C=C1C2CC3CC(C2)C(NC(=N)NC2C4CC5CC(C4)C(=C)C2(N)C5)C1(N)C3. The zero-order chi connectivity index (χ0) is 19.4. The van der Waals surface area contributed by atoms with Gasteiger partial charge in [-0.15, -0.1) is 0 Å². The lowest BCUT2D eigenvalue weighted by atomic mass is 9.49. The third-order valence-corrected chi connectivity index (χ3v) is 9.77. The van der Waals surface area contributed by atoms with E-state index >= 15 is 0 Å². The molecule has 8 aliphatic carbocycles. The van der Waals surface area contributed by atoms with Crippen molar-refractivity contribution in [3.8, 4) is 0 Å². The summed E-state index contributed by atoms with van der Waals surface area (Å²) in [6, 6.07) is 0.253. The normalized spacial score (nSPS) is 55.6. The smallest absolute Gasteiger partial charge is 0.188 e. The molecule has 28 heavy (non-hydrogen) atoms. The summed E-state index contributed by atoms with van der Waals surface area (Å²) in [5, 5.41) is 15.8. The molecule has 152 valence electrons. The second-order valence-corrected chi connectivity index (χ2v) is 11.2. The number of nitrogens with two attached hydrogens (primary N) is 2. The van der Waals surface area contributed by atoms with Gasteiger partial charge in [0.15, 0.2) is 5.96 Å². The summed E-state index contributed by atoms with van der Waals surface area (Å²) >= 11 is 0. The van der Waals surface area contributed by atoms with Crippen molar-refractivity contribution in [2.24, 2.45) is 47.0 Å². The standard InChI is InChI=1S/C23H35N5/c1-11-15-3-13-5-17(7-15)19(22(11,25)9-13)27-21(24)28-20-18-6-14-4-16(8-18)12(2)23(20,26)10-14/h13-20H,1-10,25-26H2,(H3,24,27,28). The largest absolute Gasteiger partial charge is 0.351 e. The molecule has 0 saturated heterocycles. The van der Waals surface area contributed by atoms with Crippen LogP contribution >= 0.6 is 0 Å². The molecule has 0 aromatic carbocycles. The van der Waals surface area contributed by atoms with Gasteiger partial charge in [-0.2, -0.15) is 0 Å². The molecule has 0 spiro atoms. The minimum atomic E-state index is -0.350. The predicted molar refractivity (Wildman–Crippen MR) is 112 cm³/mol. The topological polar surface area (TPSA) is 100.0 Å². The molecule has 8 bridgehead atoms. The molecular weight excluding hydrogens is 346 g/mol. The quantitative estimate of drug-likeness (QED) is 0.288. The second kappa shape index (κ2) is 5.42. The Kier molecular flexibility index (Phi) is 3.39. The first-order valence-electron chi connectivity index (χ1n) is 11.4. The van der Waals surface area contributed by atoms with E-state index in [1.165, 1.54) is 49.7 Å². The molecule has 10 atom stereocenters. The maximum atomic E-state index is 8.75. The summed E-state index contributed by atoms with van der Waals surface area (Å²) < 4.78 is 0. The number of nitrogens with one attached hydrogen (secondary N) is 3. The van der Waals surface area contributed by atoms with Crippen molar-refractivity contribution in [2.45, 2.75) is 74.5 Å². The average Bonchev–Trinajstić information content (AvgIpc) is 2.64. The molecule has 0 aromatic rings. The lowest BCUT2D eigenvalue weighted by molar-refractivity contribution is 0.0155. The van der Waals surface area contributed by atoms with Gasteiger partial charge in [0.1, 0.15) is 0 Å². The van der Waals surface area contributed by atoms with Crippen molar-refractivity contribution in [1.82, 2.24) is 10.6 Å². The Morgan fingerprint density at radius 2 is 1.21 bits per heavy atom. The molecule has 5 heteroatoms. The molecule has 0 radical (unpaired) electrons. The Labute approximate surface area is 168 Å². The second-order valence-electron chi connectivity index (χ2n) is 11.2. The Morgan fingerprint density at radius 1 is 0.786 bits per heavy atom. The fourth-order valence-electron chi connectivity index (χ4n) is 8.73. The van der Waals surface area contributed by atoms with E-state index in [9.17, 15) is 0 Å². The van der Waals surface area contributed by atoms with Crippen molar-refractivity contribution in [1.29, 1.82) is 5.41 Å².